The normalized spacial score (nSPS) is 10.8. The summed E-state index contributed by atoms with van der Waals surface area (Å²) in [5, 5.41) is 0. The fourth-order valence-corrected chi connectivity index (χ4v) is 6.23. The first-order valence-corrected chi connectivity index (χ1v) is 10.6. The summed E-state index contributed by atoms with van der Waals surface area (Å²) in [5.41, 5.74) is 3.66. The third-order valence-corrected chi connectivity index (χ3v) is 8.03. The Morgan fingerprint density at radius 1 is 0.739 bits per heavy atom. The largest absolute Gasteiger partial charge is 0.409 e. The predicted octanol–water partition coefficient (Wildman–Crippen LogP) is 6.27. The van der Waals surface area contributed by atoms with Crippen molar-refractivity contribution in [2.45, 2.75) is 18.1 Å². The van der Waals surface area contributed by atoms with Crippen LogP contribution in [0.2, 0.25) is 18.1 Å². The topological polar surface area (TPSA) is 12.0 Å². The van der Waals surface area contributed by atoms with Crippen LogP contribution in [0.25, 0.3) is 11.1 Å². The molecule has 0 saturated heterocycles. The van der Waals surface area contributed by atoms with Gasteiger partial charge in [0.15, 0.2) is 8.24 Å². The number of anilines is 1. The van der Waals surface area contributed by atoms with Crippen molar-refractivity contribution in [1.82, 2.24) is 0 Å². The Morgan fingerprint density at radius 3 is 1.83 bits per heavy atom. The maximum absolute atomic E-state index is 3.96. The first-order valence-electron chi connectivity index (χ1n) is 8.00. The zero-order valence-electron chi connectivity index (χ0n) is 13.7. The van der Waals surface area contributed by atoms with E-state index in [0.717, 1.165) is 18.1 Å². The van der Waals surface area contributed by atoms with Crippen molar-refractivity contribution < 1.29 is 0 Å². The quantitative estimate of drug-likeness (QED) is 0.424. The van der Waals surface area contributed by atoms with Gasteiger partial charge < -0.3 is 4.98 Å². The molecule has 0 aliphatic rings. The molecule has 0 atom stereocenters. The molecule has 0 spiro atoms. The lowest BCUT2D eigenvalue weighted by Gasteiger charge is -2.32. The molecule has 0 radical (unpaired) electrons. The monoisotopic (exact) mass is 319 g/mol. The van der Waals surface area contributed by atoms with Gasteiger partial charge in [0.25, 0.3) is 0 Å². The van der Waals surface area contributed by atoms with Crippen molar-refractivity contribution in [3.63, 3.8) is 0 Å². The molecule has 118 valence electrons. The van der Waals surface area contributed by atoms with Crippen LogP contribution in [0.3, 0.4) is 0 Å². The molecule has 2 rings (SSSR count). The van der Waals surface area contributed by atoms with Gasteiger partial charge in [-0.1, -0.05) is 66.8 Å². The Hall–Kier alpha value is -2.32. The molecular weight excluding hydrogens is 294 g/mol. The van der Waals surface area contributed by atoms with Crippen molar-refractivity contribution in [2.75, 3.05) is 4.98 Å². The summed E-state index contributed by atoms with van der Waals surface area (Å²) in [7, 11) is -1.80. The molecule has 0 bridgehead atoms. The van der Waals surface area contributed by atoms with E-state index in [1.54, 1.807) is 0 Å². The summed E-state index contributed by atoms with van der Waals surface area (Å²) in [6.45, 7) is 11.9. The van der Waals surface area contributed by atoms with Crippen LogP contribution < -0.4 is 4.98 Å². The second kappa shape index (κ2) is 8.35. The second-order valence-electron chi connectivity index (χ2n) is 5.80. The Labute approximate surface area is 141 Å². The zero-order valence-corrected chi connectivity index (χ0v) is 14.7. The number of hydrogen-bond acceptors (Lipinski definition) is 1. The molecule has 0 fully saturated rings. The zero-order chi connectivity index (χ0) is 16.5. The molecule has 2 aromatic carbocycles. The van der Waals surface area contributed by atoms with Crippen molar-refractivity contribution in [1.29, 1.82) is 0 Å². The van der Waals surface area contributed by atoms with Crippen LogP contribution in [-0.4, -0.2) is 8.24 Å². The highest BCUT2D eigenvalue weighted by molar-refractivity contribution is 6.84. The van der Waals surface area contributed by atoms with Crippen molar-refractivity contribution in [3.8, 4) is 11.1 Å². The van der Waals surface area contributed by atoms with Crippen LogP contribution in [0.5, 0.6) is 0 Å². The van der Waals surface area contributed by atoms with Gasteiger partial charge in [0, 0.05) is 11.3 Å². The summed E-state index contributed by atoms with van der Waals surface area (Å²) >= 11 is 0. The van der Waals surface area contributed by atoms with Gasteiger partial charge in [0.05, 0.1) is 0 Å². The molecule has 2 heteroatoms. The van der Waals surface area contributed by atoms with E-state index >= 15 is 0 Å². The Kier molecular flexibility index (Phi) is 6.18. The van der Waals surface area contributed by atoms with Crippen LogP contribution in [-0.2, 0) is 0 Å². The molecule has 0 unspecified atom stereocenters. The molecular formula is C21H25NSi. The minimum Gasteiger partial charge on any atom is -0.409 e. The molecule has 0 amide bonds. The first kappa shape index (κ1) is 17.0. The molecule has 0 aliphatic heterocycles. The number of nitrogens with one attached hydrogen (secondary N) is 1. The number of rotatable bonds is 9. The van der Waals surface area contributed by atoms with Gasteiger partial charge in [-0.3, -0.25) is 0 Å². The lowest BCUT2D eigenvalue weighted by Crippen LogP contribution is -2.42. The smallest absolute Gasteiger partial charge is 0.164 e. The van der Waals surface area contributed by atoms with Gasteiger partial charge in [-0.15, -0.1) is 19.7 Å². The lowest BCUT2D eigenvalue weighted by atomic mass is 10.0. The van der Waals surface area contributed by atoms with Gasteiger partial charge in [-0.25, -0.2) is 0 Å². The van der Waals surface area contributed by atoms with E-state index in [0.29, 0.717) is 0 Å². The third-order valence-electron chi connectivity index (χ3n) is 4.02. The van der Waals surface area contributed by atoms with Crippen LogP contribution in [0.1, 0.15) is 0 Å². The van der Waals surface area contributed by atoms with Gasteiger partial charge >= 0.3 is 0 Å². The molecule has 1 N–H and O–H groups in total. The summed E-state index contributed by atoms with van der Waals surface area (Å²) < 4.78 is 0. The highest BCUT2D eigenvalue weighted by atomic mass is 28.3. The van der Waals surface area contributed by atoms with Crippen molar-refractivity contribution in [2.24, 2.45) is 0 Å². The van der Waals surface area contributed by atoms with E-state index in [1.807, 2.05) is 24.3 Å². The molecule has 23 heavy (non-hydrogen) atoms. The maximum atomic E-state index is 3.96. The standard InChI is InChI=1S/C21H25NSi/c1-4-16-23(17-5-2,18-6-3)22-21-15-11-10-14-20(21)19-12-8-7-9-13-19/h4-15,22H,1-3,16-18H2. The van der Waals surface area contributed by atoms with Gasteiger partial charge in [-0.2, -0.15) is 0 Å². The van der Waals surface area contributed by atoms with Crippen molar-refractivity contribution in [3.05, 3.63) is 92.6 Å². The SMILES string of the molecule is C=CC[Si](CC=C)(CC=C)Nc1ccccc1-c1ccccc1. The van der Waals surface area contributed by atoms with E-state index in [-0.39, 0.29) is 0 Å². The number of hydrogen-bond donors (Lipinski definition) is 1. The predicted molar refractivity (Wildman–Crippen MR) is 106 cm³/mol. The van der Waals surface area contributed by atoms with E-state index in [1.165, 1.54) is 16.8 Å². The minimum atomic E-state index is -1.80. The number of allylic oxidation sites excluding steroid dienone is 3. The third kappa shape index (κ3) is 4.33. The van der Waals surface area contributed by atoms with E-state index in [9.17, 15) is 0 Å². The molecule has 0 heterocycles. The Balaban J connectivity index is 2.42. The van der Waals surface area contributed by atoms with Crippen molar-refractivity contribution >= 4 is 13.9 Å². The van der Waals surface area contributed by atoms with E-state index < -0.39 is 8.24 Å². The fourth-order valence-electron chi connectivity index (χ4n) is 2.98. The van der Waals surface area contributed by atoms with Gasteiger partial charge in [-0.05, 0) is 29.8 Å². The molecule has 0 aliphatic carbocycles. The summed E-state index contributed by atoms with van der Waals surface area (Å²) in [6.07, 6.45) is 6.08. The summed E-state index contributed by atoms with van der Waals surface area (Å²) in [5.74, 6) is 0. The van der Waals surface area contributed by atoms with Crippen LogP contribution in [0.15, 0.2) is 92.6 Å². The summed E-state index contributed by atoms with van der Waals surface area (Å²) in [4.78, 5) is 3.89. The lowest BCUT2D eigenvalue weighted by molar-refractivity contribution is 1.33. The molecule has 1 nitrogen and oxygen atoms in total. The first-order chi connectivity index (χ1) is 11.2. The van der Waals surface area contributed by atoms with E-state index in [2.05, 4.69) is 73.3 Å². The highest BCUT2D eigenvalue weighted by Gasteiger charge is 2.30. The average molecular weight is 320 g/mol. The van der Waals surface area contributed by atoms with Gasteiger partial charge in [0.1, 0.15) is 0 Å². The number of benzene rings is 2. The van der Waals surface area contributed by atoms with Gasteiger partial charge in [0.2, 0.25) is 0 Å². The maximum Gasteiger partial charge on any atom is 0.164 e. The highest BCUT2D eigenvalue weighted by Crippen LogP contribution is 2.32. The van der Waals surface area contributed by atoms with Crippen LogP contribution >= 0.6 is 0 Å². The fraction of sp³-hybridized carbons (Fsp3) is 0.143. The minimum absolute atomic E-state index is 0.994. The molecule has 0 aromatic heterocycles. The van der Waals surface area contributed by atoms with Crippen LogP contribution in [0, 0.1) is 0 Å². The second-order valence-corrected chi connectivity index (χ2v) is 9.83. The average Bonchev–Trinajstić information content (AvgIpc) is 2.57. The summed E-state index contributed by atoms with van der Waals surface area (Å²) in [6, 6.07) is 22.0. The van der Waals surface area contributed by atoms with Crippen LogP contribution in [0.4, 0.5) is 5.69 Å². The van der Waals surface area contributed by atoms with E-state index in [4.69, 9.17) is 0 Å². The Bertz CT molecular complexity index is 634. The molecule has 2 aromatic rings. The number of para-hydroxylation sites is 1. The molecule has 0 saturated carbocycles. The Morgan fingerprint density at radius 2 is 1.26 bits per heavy atom.